The van der Waals surface area contributed by atoms with Gasteiger partial charge in [-0.25, -0.2) is 4.98 Å². The molecule has 0 amide bonds. The molecule has 102 valence electrons. The number of para-hydroxylation sites is 1. The first kappa shape index (κ1) is 13.5. The van der Waals surface area contributed by atoms with Crippen LogP contribution < -0.4 is 10.1 Å². The Morgan fingerprint density at radius 2 is 2.16 bits per heavy atom. The van der Waals surface area contributed by atoms with Gasteiger partial charge in [-0.15, -0.1) is 0 Å². The Kier molecular flexibility index (Phi) is 4.46. The smallest absolute Gasteiger partial charge is 0.387 e. The van der Waals surface area contributed by atoms with Crippen molar-refractivity contribution in [2.24, 2.45) is 0 Å². The van der Waals surface area contributed by atoms with Gasteiger partial charge in [0.15, 0.2) is 0 Å². The Morgan fingerprint density at radius 1 is 1.37 bits per heavy atom. The Hall–Kier alpha value is -1.95. The van der Waals surface area contributed by atoms with Gasteiger partial charge in [0.1, 0.15) is 12.0 Å². The number of rotatable bonds is 6. The summed E-state index contributed by atoms with van der Waals surface area (Å²) in [7, 11) is 0. The van der Waals surface area contributed by atoms with Crippen LogP contribution in [0.25, 0.3) is 11.5 Å². The van der Waals surface area contributed by atoms with Gasteiger partial charge >= 0.3 is 6.61 Å². The minimum atomic E-state index is -2.88. The zero-order valence-electron chi connectivity index (χ0n) is 10.4. The molecule has 0 aliphatic heterocycles. The third-order valence-electron chi connectivity index (χ3n) is 2.44. The highest BCUT2D eigenvalue weighted by molar-refractivity contribution is 5.62. The van der Waals surface area contributed by atoms with Crippen LogP contribution in [0.5, 0.6) is 5.75 Å². The van der Waals surface area contributed by atoms with E-state index in [4.69, 9.17) is 4.42 Å². The summed E-state index contributed by atoms with van der Waals surface area (Å²) in [6.45, 7) is 0.482. The topological polar surface area (TPSA) is 47.3 Å². The van der Waals surface area contributed by atoms with Crippen molar-refractivity contribution in [1.29, 1.82) is 0 Å². The summed E-state index contributed by atoms with van der Waals surface area (Å²) in [5.74, 6) is 0.318. The van der Waals surface area contributed by atoms with Crippen molar-refractivity contribution >= 4 is 0 Å². The van der Waals surface area contributed by atoms with E-state index < -0.39 is 6.61 Å². The number of aromatic nitrogens is 1. The van der Waals surface area contributed by atoms with E-state index in [0.29, 0.717) is 17.8 Å². The monoisotopic (exact) mass is 268 g/mol. The SMILES string of the molecule is CCNCc1coc(-c2ccccc2OC(F)F)n1. The number of nitrogens with zero attached hydrogens (tertiary/aromatic N) is 1. The molecule has 4 nitrogen and oxygen atoms in total. The minimum absolute atomic E-state index is 0.0503. The number of benzene rings is 1. The number of hydrogen-bond acceptors (Lipinski definition) is 4. The van der Waals surface area contributed by atoms with Crippen LogP contribution in [0, 0.1) is 0 Å². The van der Waals surface area contributed by atoms with E-state index in [0.717, 1.165) is 6.54 Å². The van der Waals surface area contributed by atoms with E-state index in [9.17, 15) is 8.78 Å². The molecule has 2 aromatic rings. The molecule has 1 aromatic carbocycles. The fourth-order valence-electron chi connectivity index (χ4n) is 1.61. The Bertz CT molecular complexity index is 529. The molecule has 2 rings (SSSR count). The third-order valence-corrected chi connectivity index (χ3v) is 2.44. The lowest BCUT2D eigenvalue weighted by Crippen LogP contribution is -2.11. The van der Waals surface area contributed by atoms with Crippen molar-refractivity contribution in [3.63, 3.8) is 0 Å². The molecule has 19 heavy (non-hydrogen) atoms. The number of ether oxygens (including phenoxy) is 1. The second kappa shape index (κ2) is 6.29. The summed E-state index contributed by atoms with van der Waals surface area (Å²) in [5, 5.41) is 3.10. The van der Waals surface area contributed by atoms with Crippen LogP contribution in [0.1, 0.15) is 12.6 Å². The number of alkyl halides is 2. The third kappa shape index (κ3) is 3.51. The van der Waals surface area contributed by atoms with Gasteiger partial charge in [0.25, 0.3) is 0 Å². The lowest BCUT2D eigenvalue weighted by atomic mass is 10.2. The van der Waals surface area contributed by atoms with Crippen LogP contribution in [-0.4, -0.2) is 18.1 Å². The van der Waals surface area contributed by atoms with E-state index in [-0.39, 0.29) is 11.6 Å². The number of halogens is 2. The summed E-state index contributed by atoms with van der Waals surface area (Å²) in [5.41, 5.74) is 1.12. The van der Waals surface area contributed by atoms with Gasteiger partial charge in [-0.05, 0) is 18.7 Å². The molecular weight excluding hydrogens is 254 g/mol. The van der Waals surface area contributed by atoms with Crippen molar-refractivity contribution in [1.82, 2.24) is 10.3 Å². The second-order valence-corrected chi connectivity index (χ2v) is 3.80. The van der Waals surface area contributed by atoms with Crippen molar-refractivity contribution < 1.29 is 17.9 Å². The maximum absolute atomic E-state index is 12.3. The van der Waals surface area contributed by atoms with Crippen LogP contribution in [-0.2, 0) is 6.54 Å². The van der Waals surface area contributed by atoms with E-state index in [1.807, 2.05) is 6.92 Å². The maximum Gasteiger partial charge on any atom is 0.387 e. The molecule has 6 heteroatoms. The molecule has 1 heterocycles. The van der Waals surface area contributed by atoms with E-state index in [1.54, 1.807) is 18.2 Å². The first-order valence-electron chi connectivity index (χ1n) is 5.90. The highest BCUT2D eigenvalue weighted by Crippen LogP contribution is 2.30. The quantitative estimate of drug-likeness (QED) is 0.874. The lowest BCUT2D eigenvalue weighted by Gasteiger charge is -2.07. The summed E-state index contributed by atoms with van der Waals surface area (Å²) in [6, 6.07) is 6.40. The van der Waals surface area contributed by atoms with E-state index in [1.165, 1.54) is 12.3 Å². The van der Waals surface area contributed by atoms with Gasteiger partial charge in [0, 0.05) is 6.54 Å². The standard InChI is InChI=1S/C13H14F2N2O2/c1-2-16-7-9-8-18-12(17-9)10-5-3-4-6-11(10)19-13(14)15/h3-6,8,13,16H,2,7H2,1H3. The Labute approximate surface area is 109 Å². The zero-order valence-corrected chi connectivity index (χ0v) is 10.4. The number of hydrogen-bond donors (Lipinski definition) is 1. The van der Waals surface area contributed by atoms with Crippen molar-refractivity contribution in [2.45, 2.75) is 20.1 Å². The predicted octanol–water partition coefficient (Wildman–Crippen LogP) is 3.05. The zero-order chi connectivity index (χ0) is 13.7. The van der Waals surface area contributed by atoms with Crippen molar-refractivity contribution in [3.8, 4) is 17.2 Å². The van der Waals surface area contributed by atoms with Crippen LogP contribution in [0.15, 0.2) is 34.9 Å². The first-order valence-corrected chi connectivity index (χ1v) is 5.90. The van der Waals surface area contributed by atoms with Crippen LogP contribution in [0.3, 0.4) is 0 Å². The summed E-state index contributed by atoms with van der Waals surface area (Å²) in [4.78, 5) is 4.23. The van der Waals surface area contributed by atoms with Crippen LogP contribution >= 0.6 is 0 Å². The molecule has 0 bridgehead atoms. The van der Waals surface area contributed by atoms with E-state index in [2.05, 4.69) is 15.0 Å². The van der Waals surface area contributed by atoms with Gasteiger partial charge < -0.3 is 14.5 Å². The lowest BCUT2D eigenvalue weighted by molar-refractivity contribution is -0.0495. The van der Waals surface area contributed by atoms with E-state index >= 15 is 0 Å². The van der Waals surface area contributed by atoms with Gasteiger partial charge in [-0.2, -0.15) is 8.78 Å². The van der Waals surface area contributed by atoms with Crippen LogP contribution in [0.4, 0.5) is 8.78 Å². The van der Waals surface area contributed by atoms with Gasteiger partial charge in [-0.1, -0.05) is 19.1 Å². The average Bonchev–Trinajstić information content (AvgIpc) is 2.85. The predicted molar refractivity (Wildman–Crippen MR) is 66.0 cm³/mol. The molecular formula is C13H14F2N2O2. The maximum atomic E-state index is 12.3. The fourth-order valence-corrected chi connectivity index (χ4v) is 1.61. The summed E-state index contributed by atoms with van der Waals surface area (Å²) >= 11 is 0. The summed E-state index contributed by atoms with van der Waals surface area (Å²) < 4.78 is 34.3. The van der Waals surface area contributed by atoms with Gasteiger partial charge in [-0.3, -0.25) is 0 Å². The van der Waals surface area contributed by atoms with Gasteiger partial charge in [0.2, 0.25) is 5.89 Å². The Balaban J connectivity index is 2.23. The second-order valence-electron chi connectivity index (χ2n) is 3.80. The largest absolute Gasteiger partial charge is 0.444 e. The highest BCUT2D eigenvalue weighted by Gasteiger charge is 2.14. The fraction of sp³-hybridized carbons (Fsp3) is 0.308. The Morgan fingerprint density at radius 3 is 2.89 bits per heavy atom. The number of nitrogens with one attached hydrogen (secondary N) is 1. The molecule has 0 radical (unpaired) electrons. The van der Waals surface area contributed by atoms with Crippen molar-refractivity contribution in [3.05, 3.63) is 36.2 Å². The molecule has 0 saturated carbocycles. The molecule has 0 atom stereocenters. The molecule has 0 fully saturated rings. The van der Waals surface area contributed by atoms with Crippen molar-refractivity contribution in [2.75, 3.05) is 6.54 Å². The summed E-state index contributed by atoms with van der Waals surface area (Å²) in [6.07, 6.45) is 1.50. The first-order chi connectivity index (χ1) is 9.20. The molecule has 1 aromatic heterocycles. The average molecular weight is 268 g/mol. The molecule has 0 saturated heterocycles. The highest BCUT2D eigenvalue weighted by atomic mass is 19.3. The molecule has 1 N–H and O–H groups in total. The van der Waals surface area contributed by atoms with Crippen LogP contribution in [0.2, 0.25) is 0 Å². The number of oxazole rings is 1. The molecule has 0 unspecified atom stereocenters. The molecule has 0 aliphatic carbocycles. The normalized spacial score (nSPS) is 10.9. The molecule has 0 aliphatic rings. The van der Waals surface area contributed by atoms with Gasteiger partial charge in [0.05, 0.1) is 11.3 Å². The molecule has 0 spiro atoms. The minimum Gasteiger partial charge on any atom is -0.444 e.